The van der Waals surface area contributed by atoms with Crippen molar-refractivity contribution < 1.29 is 4.39 Å². The first-order valence-electron chi connectivity index (χ1n) is 6.99. The van der Waals surface area contributed by atoms with Crippen LogP contribution in [0.4, 0.5) is 10.1 Å². The number of nitrogens with zero attached hydrogens (tertiary/aromatic N) is 1. The van der Waals surface area contributed by atoms with Gasteiger partial charge in [0.25, 0.3) is 0 Å². The maximum absolute atomic E-state index is 13.0. The molecule has 3 heteroatoms. The van der Waals surface area contributed by atoms with Crippen LogP contribution in [0.3, 0.4) is 0 Å². The molecule has 1 unspecified atom stereocenters. The Morgan fingerprint density at radius 2 is 2.33 bits per heavy atom. The molecule has 0 aromatic heterocycles. The minimum atomic E-state index is -0.177. The van der Waals surface area contributed by atoms with Crippen molar-refractivity contribution in [3.8, 4) is 0 Å². The van der Waals surface area contributed by atoms with Gasteiger partial charge in [-0.1, -0.05) is 19.4 Å². The van der Waals surface area contributed by atoms with Gasteiger partial charge in [-0.3, -0.25) is 0 Å². The minimum Gasteiger partial charge on any atom is -0.384 e. The van der Waals surface area contributed by atoms with E-state index < -0.39 is 0 Å². The zero-order valence-corrected chi connectivity index (χ0v) is 11.2. The summed E-state index contributed by atoms with van der Waals surface area (Å²) < 4.78 is 13.0. The monoisotopic (exact) mass is 250 g/mol. The second-order valence-electron chi connectivity index (χ2n) is 5.15. The molecule has 0 spiro atoms. The number of rotatable bonds is 5. The quantitative estimate of drug-likeness (QED) is 0.862. The number of likely N-dealkylation sites (tertiary alicyclic amines) is 1. The van der Waals surface area contributed by atoms with Crippen molar-refractivity contribution in [2.75, 3.05) is 31.5 Å². The van der Waals surface area contributed by atoms with Gasteiger partial charge in [0.1, 0.15) is 5.82 Å². The molecule has 1 aliphatic heterocycles. The summed E-state index contributed by atoms with van der Waals surface area (Å²) in [6.45, 7) is 6.65. The third kappa shape index (κ3) is 3.98. The third-order valence-corrected chi connectivity index (χ3v) is 3.76. The number of benzene rings is 1. The van der Waals surface area contributed by atoms with E-state index in [9.17, 15) is 4.39 Å². The Kier molecular flexibility index (Phi) is 5.00. The van der Waals surface area contributed by atoms with Crippen LogP contribution < -0.4 is 5.32 Å². The summed E-state index contributed by atoms with van der Waals surface area (Å²) in [5.41, 5.74) is 0.874. The summed E-state index contributed by atoms with van der Waals surface area (Å²) in [4.78, 5) is 2.52. The first-order valence-corrected chi connectivity index (χ1v) is 6.99. The van der Waals surface area contributed by atoms with E-state index in [2.05, 4.69) is 17.1 Å². The fraction of sp³-hybridized carbons (Fsp3) is 0.600. The fourth-order valence-corrected chi connectivity index (χ4v) is 2.64. The Bertz CT molecular complexity index is 367. The van der Waals surface area contributed by atoms with Gasteiger partial charge in [0, 0.05) is 25.3 Å². The minimum absolute atomic E-state index is 0.177. The Balaban J connectivity index is 1.72. The van der Waals surface area contributed by atoms with Gasteiger partial charge in [0.05, 0.1) is 0 Å². The van der Waals surface area contributed by atoms with Gasteiger partial charge in [-0.25, -0.2) is 4.39 Å². The van der Waals surface area contributed by atoms with E-state index in [0.29, 0.717) is 0 Å². The topological polar surface area (TPSA) is 15.3 Å². The van der Waals surface area contributed by atoms with Gasteiger partial charge in [-0.2, -0.15) is 0 Å². The van der Waals surface area contributed by atoms with Gasteiger partial charge in [0.15, 0.2) is 0 Å². The first kappa shape index (κ1) is 13.3. The van der Waals surface area contributed by atoms with Crippen LogP contribution in [0.5, 0.6) is 0 Å². The Morgan fingerprint density at radius 3 is 3.11 bits per heavy atom. The highest BCUT2D eigenvalue weighted by atomic mass is 19.1. The van der Waals surface area contributed by atoms with Gasteiger partial charge in [-0.15, -0.1) is 0 Å². The van der Waals surface area contributed by atoms with Crippen LogP contribution in [-0.4, -0.2) is 31.1 Å². The van der Waals surface area contributed by atoms with Crippen LogP contribution in [0.1, 0.15) is 26.2 Å². The van der Waals surface area contributed by atoms with E-state index in [4.69, 9.17) is 0 Å². The highest BCUT2D eigenvalue weighted by Crippen LogP contribution is 2.18. The molecular weight excluding hydrogens is 227 g/mol. The van der Waals surface area contributed by atoms with Crippen molar-refractivity contribution in [2.24, 2.45) is 5.92 Å². The molecule has 2 rings (SSSR count). The van der Waals surface area contributed by atoms with Crippen LogP contribution >= 0.6 is 0 Å². The van der Waals surface area contributed by atoms with Crippen molar-refractivity contribution >= 4 is 5.69 Å². The van der Waals surface area contributed by atoms with Crippen LogP contribution in [0.15, 0.2) is 24.3 Å². The fourth-order valence-electron chi connectivity index (χ4n) is 2.64. The molecule has 0 aliphatic carbocycles. The van der Waals surface area contributed by atoms with Crippen molar-refractivity contribution in [1.82, 2.24) is 4.90 Å². The van der Waals surface area contributed by atoms with Crippen molar-refractivity contribution in [1.29, 1.82) is 0 Å². The first-order chi connectivity index (χ1) is 8.78. The molecule has 18 heavy (non-hydrogen) atoms. The van der Waals surface area contributed by atoms with Gasteiger partial charge in [0.2, 0.25) is 0 Å². The number of piperidine rings is 1. The lowest BCUT2D eigenvalue weighted by Gasteiger charge is -2.32. The lowest BCUT2D eigenvalue weighted by molar-refractivity contribution is 0.177. The summed E-state index contributed by atoms with van der Waals surface area (Å²) >= 11 is 0. The lowest BCUT2D eigenvalue weighted by Crippen LogP contribution is -2.38. The molecule has 0 saturated carbocycles. The van der Waals surface area contributed by atoms with Gasteiger partial charge >= 0.3 is 0 Å². The number of anilines is 1. The molecule has 1 atom stereocenters. The lowest BCUT2D eigenvalue weighted by atomic mass is 9.96. The van der Waals surface area contributed by atoms with E-state index in [1.807, 2.05) is 6.07 Å². The Labute approximate surface area is 109 Å². The number of hydrogen-bond acceptors (Lipinski definition) is 2. The molecule has 0 amide bonds. The van der Waals surface area contributed by atoms with Crippen LogP contribution in [0, 0.1) is 11.7 Å². The smallest absolute Gasteiger partial charge is 0.125 e. The molecular formula is C15H23FN2. The van der Waals surface area contributed by atoms with E-state index >= 15 is 0 Å². The van der Waals surface area contributed by atoms with E-state index in [-0.39, 0.29) is 5.82 Å². The molecule has 1 fully saturated rings. The van der Waals surface area contributed by atoms with Crippen LogP contribution in [0.2, 0.25) is 0 Å². The predicted molar refractivity (Wildman–Crippen MR) is 74.3 cm³/mol. The zero-order valence-electron chi connectivity index (χ0n) is 11.2. The SMILES string of the molecule is CCC1CCCN(CCNc2cccc(F)c2)C1. The number of halogens is 1. The van der Waals surface area contributed by atoms with E-state index in [0.717, 1.165) is 24.7 Å². The van der Waals surface area contributed by atoms with Crippen molar-refractivity contribution in [2.45, 2.75) is 26.2 Å². The average molecular weight is 250 g/mol. The van der Waals surface area contributed by atoms with Crippen molar-refractivity contribution in [3.63, 3.8) is 0 Å². The average Bonchev–Trinajstić information content (AvgIpc) is 2.39. The molecule has 1 N–H and O–H groups in total. The highest BCUT2D eigenvalue weighted by Gasteiger charge is 2.17. The Morgan fingerprint density at radius 1 is 1.44 bits per heavy atom. The molecule has 0 bridgehead atoms. The summed E-state index contributed by atoms with van der Waals surface area (Å²) in [7, 11) is 0. The highest BCUT2D eigenvalue weighted by molar-refractivity contribution is 5.42. The normalized spacial score (nSPS) is 20.9. The largest absolute Gasteiger partial charge is 0.384 e. The zero-order chi connectivity index (χ0) is 12.8. The number of hydrogen-bond donors (Lipinski definition) is 1. The summed E-state index contributed by atoms with van der Waals surface area (Å²) in [6, 6.07) is 6.67. The second-order valence-corrected chi connectivity index (χ2v) is 5.15. The maximum atomic E-state index is 13.0. The van der Waals surface area contributed by atoms with Gasteiger partial charge in [-0.05, 0) is 43.5 Å². The summed E-state index contributed by atoms with van der Waals surface area (Å²) in [5, 5.41) is 3.28. The third-order valence-electron chi connectivity index (χ3n) is 3.76. The molecule has 1 heterocycles. The summed E-state index contributed by atoms with van der Waals surface area (Å²) in [5.74, 6) is 0.692. The molecule has 1 aromatic carbocycles. The molecule has 100 valence electrons. The standard InChI is InChI=1S/C15H23FN2/c1-2-13-5-4-9-18(12-13)10-8-17-15-7-3-6-14(16)11-15/h3,6-7,11,13,17H,2,4-5,8-10,12H2,1H3. The maximum Gasteiger partial charge on any atom is 0.125 e. The predicted octanol–water partition coefficient (Wildman–Crippen LogP) is 3.36. The molecule has 1 aromatic rings. The van der Waals surface area contributed by atoms with E-state index in [1.165, 1.54) is 38.4 Å². The van der Waals surface area contributed by atoms with Crippen LogP contribution in [-0.2, 0) is 0 Å². The van der Waals surface area contributed by atoms with Crippen LogP contribution in [0.25, 0.3) is 0 Å². The second kappa shape index (κ2) is 6.74. The Hall–Kier alpha value is -1.09. The van der Waals surface area contributed by atoms with Gasteiger partial charge < -0.3 is 10.2 Å². The summed E-state index contributed by atoms with van der Waals surface area (Å²) in [6.07, 6.45) is 3.98. The molecule has 0 radical (unpaired) electrons. The molecule has 1 aliphatic rings. The number of nitrogens with one attached hydrogen (secondary N) is 1. The molecule has 2 nitrogen and oxygen atoms in total. The molecule has 1 saturated heterocycles. The van der Waals surface area contributed by atoms with Crippen molar-refractivity contribution in [3.05, 3.63) is 30.1 Å². The van der Waals surface area contributed by atoms with E-state index in [1.54, 1.807) is 12.1 Å².